The first-order valence-electron chi connectivity index (χ1n) is 11.8. The largest absolute Gasteiger partial charge is 0.465 e. The Labute approximate surface area is 208 Å². The van der Waals surface area contributed by atoms with E-state index in [0.29, 0.717) is 43.2 Å². The van der Waals surface area contributed by atoms with Crippen molar-refractivity contribution in [2.75, 3.05) is 31.1 Å². The first-order valence-corrected chi connectivity index (χ1v) is 11.8. The number of aliphatic imine (C=N–C) groups is 1. The molecule has 1 aromatic heterocycles. The van der Waals surface area contributed by atoms with Gasteiger partial charge in [0.1, 0.15) is 0 Å². The van der Waals surface area contributed by atoms with Crippen molar-refractivity contribution >= 4 is 28.4 Å². The van der Waals surface area contributed by atoms with Crippen molar-refractivity contribution in [1.29, 1.82) is 10.5 Å². The number of allylic oxidation sites excluding steroid dienone is 2. The van der Waals surface area contributed by atoms with E-state index in [1.807, 2.05) is 56.3 Å². The molecule has 2 N–H and O–H groups in total. The van der Waals surface area contributed by atoms with Gasteiger partial charge in [0, 0.05) is 54.4 Å². The second-order valence-electron chi connectivity index (χ2n) is 9.13. The fourth-order valence-corrected chi connectivity index (χ4v) is 5.14. The fourth-order valence-electron chi connectivity index (χ4n) is 5.14. The Morgan fingerprint density at radius 1 is 1.08 bits per heavy atom. The van der Waals surface area contributed by atoms with E-state index in [2.05, 4.69) is 32.2 Å². The molecule has 5 rings (SSSR count). The second kappa shape index (κ2) is 9.20. The number of aromatic nitrogens is 2. The number of aromatic amines is 1. The van der Waals surface area contributed by atoms with Crippen molar-refractivity contribution < 1.29 is 9.90 Å². The number of carboxylic acid groups (broad SMARTS) is 1. The number of amides is 1. The molecule has 2 aliphatic rings. The number of hydrogen-bond donors (Lipinski definition) is 2. The van der Waals surface area contributed by atoms with E-state index in [4.69, 9.17) is 5.11 Å². The molecule has 1 amide bonds. The number of nitrogens with one attached hydrogen (secondary N) is 1. The molecule has 36 heavy (non-hydrogen) atoms. The zero-order valence-corrected chi connectivity index (χ0v) is 20.1. The molecular formula is C27H25N7O2. The third kappa shape index (κ3) is 3.95. The van der Waals surface area contributed by atoms with Crippen LogP contribution >= 0.6 is 0 Å². The lowest BCUT2D eigenvalue weighted by molar-refractivity contribution is 0.142. The minimum absolute atomic E-state index is 0.378. The van der Waals surface area contributed by atoms with Gasteiger partial charge >= 0.3 is 6.09 Å². The maximum atomic E-state index is 11.2. The predicted octanol–water partition coefficient (Wildman–Crippen LogP) is 4.53. The Kier molecular flexibility index (Phi) is 5.91. The van der Waals surface area contributed by atoms with Gasteiger partial charge in [-0.05, 0) is 43.7 Å². The van der Waals surface area contributed by atoms with Gasteiger partial charge in [-0.25, -0.2) is 4.79 Å². The van der Waals surface area contributed by atoms with Gasteiger partial charge in [0.25, 0.3) is 0 Å². The maximum Gasteiger partial charge on any atom is 0.407 e. The van der Waals surface area contributed by atoms with Gasteiger partial charge in [-0.1, -0.05) is 18.2 Å². The quantitative estimate of drug-likeness (QED) is 0.567. The molecule has 180 valence electrons. The molecule has 1 fully saturated rings. The van der Waals surface area contributed by atoms with Gasteiger partial charge in [-0.15, -0.1) is 0 Å². The number of nitrogens with zero attached hydrogens (tertiary/aromatic N) is 6. The molecule has 0 aliphatic carbocycles. The molecule has 1 saturated heterocycles. The maximum absolute atomic E-state index is 11.2. The molecule has 9 nitrogen and oxygen atoms in total. The summed E-state index contributed by atoms with van der Waals surface area (Å²) < 4.78 is 0. The van der Waals surface area contributed by atoms with Crippen LogP contribution in [0.15, 0.2) is 58.7 Å². The number of anilines is 1. The number of fused-ring (bicyclic) bond motifs is 1. The van der Waals surface area contributed by atoms with Crippen LogP contribution in [0.4, 0.5) is 10.5 Å². The van der Waals surface area contributed by atoms with Gasteiger partial charge in [-0.2, -0.15) is 15.6 Å². The molecule has 9 heteroatoms. The van der Waals surface area contributed by atoms with Gasteiger partial charge in [0.2, 0.25) is 0 Å². The average molecular weight is 480 g/mol. The molecule has 3 heterocycles. The summed E-state index contributed by atoms with van der Waals surface area (Å²) >= 11 is 0. The lowest BCUT2D eigenvalue weighted by atomic mass is 9.76. The number of benzene rings is 2. The minimum atomic E-state index is -0.876. The summed E-state index contributed by atoms with van der Waals surface area (Å²) in [6.45, 7) is 5.92. The van der Waals surface area contributed by atoms with Crippen LogP contribution in [-0.4, -0.2) is 58.2 Å². The Morgan fingerprint density at radius 2 is 1.81 bits per heavy atom. The number of nitriles is 2. The molecule has 0 saturated carbocycles. The lowest BCUT2D eigenvalue weighted by Gasteiger charge is -2.34. The summed E-state index contributed by atoms with van der Waals surface area (Å²) in [6, 6.07) is 18.6. The summed E-state index contributed by atoms with van der Waals surface area (Å²) in [5.74, 6) is -0.881. The molecule has 0 spiro atoms. The highest BCUT2D eigenvalue weighted by molar-refractivity contribution is 5.95. The SMILES string of the molecule is CC1=NC(C)=C(C#N)C(c2ccc3[nH]nc(-c4ccc(N5CCN(C(=O)O)CC5)cc4)c3c2)C1C#N. The smallest absolute Gasteiger partial charge is 0.407 e. The number of rotatable bonds is 3. The van der Waals surface area contributed by atoms with Crippen molar-refractivity contribution in [2.45, 2.75) is 19.8 Å². The van der Waals surface area contributed by atoms with E-state index in [0.717, 1.165) is 33.4 Å². The summed E-state index contributed by atoms with van der Waals surface area (Å²) in [4.78, 5) is 19.2. The van der Waals surface area contributed by atoms with Crippen LogP contribution in [0.3, 0.4) is 0 Å². The highest BCUT2D eigenvalue weighted by atomic mass is 16.4. The number of hydrogen-bond acceptors (Lipinski definition) is 6. The zero-order valence-electron chi connectivity index (χ0n) is 20.1. The van der Waals surface area contributed by atoms with Gasteiger partial charge < -0.3 is 14.9 Å². The number of H-pyrrole nitrogens is 1. The van der Waals surface area contributed by atoms with E-state index in [1.54, 1.807) is 0 Å². The predicted molar refractivity (Wildman–Crippen MR) is 137 cm³/mol. The first kappa shape index (κ1) is 23.1. The highest BCUT2D eigenvalue weighted by Gasteiger charge is 2.34. The summed E-state index contributed by atoms with van der Waals surface area (Å²) in [5, 5.41) is 37.4. The van der Waals surface area contributed by atoms with Crippen LogP contribution < -0.4 is 4.90 Å². The fraction of sp³-hybridized carbons (Fsp3) is 0.296. The van der Waals surface area contributed by atoms with Gasteiger partial charge in [0.05, 0.1) is 40.5 Å². The highest BCUT2D eigenvalue weighted by Crippen LogP contribution is 2.40. The minimum Gasteiger partial charge on any atom is -0.465 e. The summed E-state index contributed by atoms with van der Waals surface area (Å²) in [5.41, 5.74) is 6.41. The molecule has 2 unspecified atom stereocenters. The Bertz CT molecular complexity index is 1480. The van der Waals surface area contributed by atoms with Crippen molar-refractivity contribution in [3.8, 4) is 23.4 Å². The standard InChI is InChI=1S/C27H25N7O2/c1-16-22(14-28)25(23(15-29)17(2)30-16)19-5-8-24-21(13-19)26(32-31-24)18-3-6-20(7-4-18)33-9-11-34(12-10-33)27(35)36/h3-8,13,22,25H,9-12H2,1-2H3,(H,31,32)(H,35,36). The summed E-state index contributed by atoms with van der Waals surface area (Å²) in [7, 11) is 0. The monoisotopic (exact) mass is 479 g/mol. The van der Waals surface area contributed by atoms with Crippen molar-refractivity contribution in [1.82, 2.24) is 15.1 Å². The van der Waals surface area contributed by atoms with Crippen LogP contribution in [0.2, 0.25) is 0 Å². The third-order valence-corrected chi connectivity index (χ3v) is 7.09. The van der Waals surface area contributed by atoms with E-state index >= 15 is 0 Å². The molecule has 3 aromatic rings. The second-order valence-corrected chi connectivity index (χ2v) is 9.13. The molecular weight excluding hydrogens is 454 g/mol. The van der Waals surface area contributed by atoms with E-state index < -0.39 is 12.0 Å². The van der Waals surface area contributed by atoms with Crippen LogP contribution in [-0.2, 0) is 0 Å². The first-order chi connectivity index (χ1) is 17.4. The Balaban J connectivity index is 1.46. The normalized spacial score (nSPS) is 20.2. The average Bonchev–Trinajstić information content (AvgIpc) is 3.32. The van der Waals surface area contributed by atoms with Crippen LogP contribution in [0, 0.1) is 28.6 Å². The van der Waals surface area contributed by atoms with E-state index in [9.17, 15) is 15.3 Å². The molecule has 2 aliphatic heterocycles. The van der Waals surface area contributed by atoms with E-state index in [1.165, 1.54) is 4.90 Å². The Hall–Kier alpha value is -4.63. The van der Waals surface area contributed by atoms with Crippen LogP contribution in [0.1, 0.15) is 25.3 Å². The van der Waals surface area contributed by atoms with Crippen molar-refractivity contribution in [3.63, 3.8) is 0 Å². The van der Waals surface area contributed by atoms with Crippen molar-refractivity contribution in [3.05, 3.63) is 59.3 Å². The van der Waals surface area contributed by atoms with E-state index in [-0.39, 0.29) is 5.92 Å². The Morgan fingerprint density at radius 3 is 2.44 bits per heavy atom. The van der Waals surface area contributed by atoms with Gasteiger partial charge in [0.15, 0.2) is 0 Å². The molecule has 2 aromatic carbocycles. The number of piperazine rings is 1. The molecule has 0 bridgehead atoms. The number of carbonyl (C=O) groups is 1. The summed E-state index contributed by atoms with van der Waals surface area (Å²) in [6.07, 6.45) is -0.876. The molecule has 2 atom stereocenters. The topological polar surface area (TPSA) is 132 Å². The van der Waals surface area contributed by atoms with Crippen LogP contribution in [0.5, 0.6) is 0 Å². The van der Waals surface area contributed by atoms with Crippen LogP contribution in [0.25, 0.3) is 22.2 Å². The third-order valence-electron chi connectivity index (χ3n) is 7.09. The lowest BCUT2D eigenvalue weighted by Crippen LogP contribution is -2.48. The van der Waals surface area contributed by atoms with Gasteiger partial charge in [-0.3, -0.25) is 10.1 Å². The molecule has 0 radical (unpaired) electrons. The van der Waals surface area contributed by atoms with Crippen molar-refractivity contribution in [2.24, 2.45) is 10.9 Å². The zero-order chi connectivity index (χ0) is 25.4.